The number of nitrogens with zero attached hydrogens (tertiary/aromatic N) is 5. The van der Waals surface area contributed by atoms with Crippen LogP contribution in [0.2, 0.25) is 0 Å². The Labute approximate surface area is 200 Å². The summed E-state index contributed by atoms with van der Waals surface area (Å²) >= 11 is 0. The molecule has 180 valence electrons. The minimum absolute atomic E-state index is 0.230. The van der Waals surface area contributed by atoms with E-state index in [2.05, 4.69) is 20.2 Å². The fourth-order valence-electron chi connectivity index (χ4n) is 4.74. The Balaban J connectivity index is 1.48. The van der Waals surface area contributed by atoms with Crippen LogP contribution in [0.4, 0.5) is 19.0 Å². The van der Waals surface area contributed by atoms with E-state index in [0.29, 0.717) is 22.8 Å². The summed E-state index contributed by atoms with van der Waals surface area (Å²) in [7, 11) is 0. The van der Waals surface area contributed by atoms with Crippen LogP contribution < -0.4 is 16.0 Å². The predicted molar refractivity (Wildman–Crippen MR) is 127 cm³/mol. The molecule has 0 spiro atoms. The predicted octanol–water partition coefficient (Wildman–Crippen LogP) is 3.59. The van der Waals surface area contributed by atoms with E-state index in [0.717, 1.165) is 67.9 Å². The zero-order valence-electron chi connectivity index (χ0n) is 18.9. The van der Waals surface area contributed by atoms with Crippen LogP contribution in [0.3, 0.4) is 0 Å². The summed E-state index contributed by atoms with van der Waals surface area (Å²) in [6.45, 7) is 3.26. The first kappa shape index (κ1) is 22.0. The third-order valence-corrected chi connectivity index (χ3v) is 6.85. The van der Waals surface area contributed by atoms with Crippen LogP contribution in [-0.2, 0) is 5.67 Å². The van der Waals surface area contributed by atoms with Crippen LogP contribution in [0.1, 0.15) is 30.0 Å². The average molecular weight is 480 g/mol. The molecule has 35 heavy (non-hydrogen) atoms. The number of halogens is 3. The number of allylic oxidation sites excluding steroid dienone is 4. The van der Waals surface area contributed by atoms with Crippen molar-refractivity contribution >= 4 is 16.7 Å². The van der Waals surface area contributed by atoms with Gasteiger partial charge in [-0.1, -0.05) is 0 Å². The largest absolute Gasteiger partial charge is 0.397 e. The molecule has 1 saturated heterocycles. The van der Waals surface area contributed by atoms with Crippen molar-refractivity contribution < 1.29 is 13.2 Å². The van der Waals surface area contributed by atoms with Crippen LogP contribution in [0.25, 0.3) is 22.3 Å². The third kappa shape index (κ3) is 3.72. The monoisotopic (exact) mass is 479 g/mol. The zero-order chi connectivity index (χ0) is 24.2. The molecule has 0 bridgehead atoms. The van der Waals surface area contributed by atoms with Gasteiger partial charge in [-0.15, -0.1) is 0 Å². The smallest absolute Gasteiger partial charge is 0.207 e. The number of pyridine rings is 2. The molecule has 0 amide bonds. The number of nitrogens with two attached hydrogens (primary N) is 1. The van der Waals surface area contributed by atoms with E-state index in [-0.39, 0.29) is 5.69 Å². The molecule has 10 heteroatoms. The lowest BCUT2D eigenvalue weighted by molar-refractivity contribution is 0.107. The maximum atomic E-state index is 15.7. The maximum Gasteiger partial charge on any atom is 0.207 e. The molecule has 4 heterocycles. The van der Waals surface area contributed by atoms with Gasteiger partial charge in [0.25, 0.3) is 0 Å². The van der Waals surface area contributed by atoms with Crippen molar-refractivity contribution in [2.75, 3.05) is 31.1 Å². The fourth-order valence-corrected chi connectivity index (χ4v) is 4.74. The van der Waals surface area contributed by atoms with Crippen molar-refractivity contribution in [2.45, 2.75) is 30.6 Å². The van der Waals surface area contributed by atoms with Crippen LogP contribution >= 0.6 is 0 Å². The van der Waals surface area contributed by atoms with Gasteiger partial charge in [0.2, 0.25) is 5.67 Å². The van der Waals surface area contributed by atoms with E-state index < -0.39 is 23.4 Å². The third-order valence-electron chi connectivity index (χ3n) is 6.85. The molecule has 1 saturated carbocycles. The van der Waals surface area contributed by atoms with Crippen LogP contribution in [0.5, 0.6) is 0 Å². The van der Waals surface area contributed by atoms with Crippen LogP contribution in [0, 0.1) is 0 Å². The van der Waals surface area contributed by atoms with Gasteiger partial charge < -0.3 is 16.0 Å². The van der Waals surface area contributed by atoms with Gasteiger partial charge in [-0.05, 0) is 48.6 Å². The molecular formula is C25H24F3N7. The number of nitrogens with one attached hydrogen (secondary N) is 1. The second-order valence-electron chi connectivity index (χ2n) is 9.20. The lowest BCUT2D eigenvalue weighted by atomic mass is 9.88. The summed E-state index contributed by atoms with van der Waals surface area (Å²) in [6.07, 6.45) is 6.47. The summed E-state index contributed by atoms with van der Waals surface area (Å²) in [5, 5.41) is 4.35. The average Bonchev–Trinajstić information content (AvgIpc) is 3.75. The number of piperazine rings is 1. The molecule has 3 aliphatic rings. The molecule has 1 aliphatic heterocycles. The van der Waals surface area contributed by atoms with Crippen molar-refractivity contribution in [1.82, 2.24) is 25.3 Å². The van der Waals surface area contributed by atoms with E-state index in [1.807, 2.05) is 6.20 Å². The number of hydrogen-bond donors (Lipinski definition) is 2. The SMILES string of the molecule is NC1=C(F)C=CC(F)(c2cc(-c3nc(N4CCNCC4)c4c(C5CC5)cncc4n3)ccn2)C1F. The second kappa shape index (κ2) is 8.30. The van der Waals surface area contributed by atoms with Crippen molar-refractivity contribution in [1.29, 1.82) is 0 Å². The van der Waals surface area contributed by atoms with Crippen molar-refractivity contribution in [3.63, 3.8) is 0 Å². The molecular weight excluding hydrogens is 455 g/mol. The molecule has 2 aliphatic carbocycles. The van der Waals surface area contributed by atoms with Gasteiger partial charge in [0, 0.05) is 49.5 Å². The highest BCUT2D eigenvalue weighted by Crippen LogP contribution is 2.45. The topological polar surface area (TPSA) is 92.8 Å². The Bertz CT molecular complexity index is 1360. The van der Waals surface area contributed by atoms with Crippen molar-refractivity contribution in [2.24, 2.45) is 5.73 Å². The molecule has 7 nitrogen and oxygen atoms in total. The molecule has 2 atom stereocenters. The maximum absolute atomic E-state index is 15.7. The van der Waals surface area contributed by atoms with Crippen molar-refractivity contribution in [3.8, 4) is 11.4 Å². The molecule has 2 fully saturated rings. The standard InChI is InChI=1S/C25H24F3N7/c26-17-3-5-25(28,22(27)21(17)29)19-11-15(4-6-32-19)23-33-18-13-31-12-16(14-1-2-14)20(18)24(34-23)35-9-7-30-8-10-35/h3-6,11-14,22,30H,1-2,7-10,29H2. The zero-order valence-corrected chi connectivity index (χ0v) is 18.9. The lowest BCUT2D eigenvalue weighted by Crippen LogP contribution is -2.44. The first-order valence-corrected chi connectivity index (χ1v) is 11.7. The summed E-state index contributed by atoms with van der Waals surface area (Å²) < 4.78 is 44.2. The van der Waals surface area contributed by atoms with Gasteiger partial charge >= 0.3 is 0 Å². The lowest BCUT2D eigenvalue weighted by Gasteiger charge is -2.30. The molecule has 0 radical (unpaired) electrons. The molecule has 2 unspecified atom stereocenters. The second-order valence-corrected chi connectivity index (χ2v) is 9.20. The number of aromatic nitrogens is 4. The number of anilines is 1. The van der Waals surface area contributed by atoms with Gasteiger partial charge in [-0.2, -0.15) is 0 Å². The number of hydrogen-bond acceptors (Lipinski definition) is 7. The van der Waals surface area contributed by atoms with Crippen molar-refractivity contribution in [3.05, 3.63) is 65.7 Å². The van der Waals surface area contributed by atoms with Gasteiger partial charge in [0.05, 0.1) is 23.1 Å². The van der Waals surface area contributed by atoms with Gasteiger partial charge in [-0.3, -0.25) is 9.97 Å². The minimum Gasteiger partial charge on any atom is -0.397 e. The van der Waals surface area contributed by atoms with Crippen LogP contribution in [-0.4, -0.2) is 52.3 Å². The Morgan fingerprint density at radius 2 is 1.94 bits per heavy atom. The van der Waals surface area contributed by atoms with Crippen LogP contribution in [0.15, 0.2) is 54.4 Å². The number of fused-ring (bicyclic) bond motifs is 1. The molecule has 3 aromatic rings. The first-order chi connectivity index (χ1) is 17.0. The van der Waals surface area contributed by atoms with E-state index in [9.17, 15) is 8.78 Å². The van der Waals surface area contributed by atoms with E-state index >= 15 is 4.39 Å². The molecule has 3 aromatic heterocycles. The van der Waals surface area contributed by atoms with E-state index in [4.69, 9.17) is 15.7 Å². The number of rotatable bonds is 4. The summed E-state index contributed by atoms with van der Waals surface area (Å²) in [6, 6.07) is 3.04. The summed E-state index contributed by atoms with van der Waals surface area (Å²) in [5.74, 6) is 0.649. The van der Waals surface area contributed by atoms with Gasteiger partial charge in [0.15, 0.2) is 12.0 Å². The van der Waals surface area contributed by atoms with Gasteiger partial charge in [-0.25, -0.2) is 23.1 Å². The Morgan fingerprint density at radius 1 is 1.14 bits per heavy atom. The normalized spacial score (nSPS) is 24.9. The van der Waals surface area contributed by atoms with E-state index in [1.54, 1.807) is 12.3 Å². The summed E-state index contributed by atoms with van der Waals surface area (Å²) in [5.41, 5.74) is 4.07. The summed E-state index contributed by atoms with van der Waals surface area (Å²) in [4.78, 5) is 20.4. The minimum atomic E-state index is -2.70. The Hall–Kier alpha value is -3.53. The first-order valence-electron chi connectivity index (χ1n) is 11.7. The molecule has 6 rings (SSSR count). The Kier molecular flexibility index (Phi) is 5.21. The van der Waals surface area contributed by atoms with E-state index in [1.165, 1.54) is 12.3 Å². The highest BCUT2D eigenvalue weighted by atomic mass is 19.2. The quantitative estimate of drug-likeness (QED) is 0.591. The Morgan fingerprint density at radius 3 is 2.71 bits per heavy atom. The number of alkyl halides is 2. The molecule has 0 aromatic carbocycles. The highest BCUT2D eigenvalue weighted by molar-refractivity contribution is 5.94. The van der Waals surface area contributed by atoms with Gasteiger partial charge in [0.1, 0.15) is 11.6 Å². The highest BCUT2D eigenvalue weighted by Gasteiger charge is 2.45. The fraction of sp³-hybridized carbons (Fsp3) is 0.360. The molecule has 3 N–H and O–H groups in total.